The highest BCUT2D eigenvalue weighted by molar-refractivity contribution is 7.99. The molecule has 0 bridgehead atoms. The van der Waals surface area contributed by atoms with Crippen LogP contribution < -0.4 is 10.2 Å². The standard InChI is InChI=1S/C10H15N5O2S/c1-7-8(15(16)17)9(13-10(11-2)12-7)14-3-5-18-6-4-14/h3-6H2,1-2H3,(H,11,12,13). The Balaban J connectivity index is 2.47. The van der Waals surface area contributed by atoms with E-state index in [4.69, 9.17) is 0 Å². The zero-order valence-corrected chi connectivity index (χ0v) is 11.2. The zero-order chi connectivity index (χ0) is 13.1. The van der Waals surface area contributed by atoms with Crippen LogP contribution in [-0.4, -0.2) is 46.5 Å². The van der Waals surface area contributed by atoms with Crippen LogP contribution in [0.4, 0.5) is 17.5 Å². The first-order chi connectivity index (χ1) is 8.63. The molecule has 1 aromatic rings. The molecule has 1 fully saturated rings. The molecule has 0 saturated carbocycles. The van der Waals surface area contributed by atoms with Gasteiger partial charge in [-0.25, -0.2) is 4.98 Å². The van der Waals surface area contributed by atoms with Gasteiger partial charge in [0, 0.05) is 31.6 Å². The molecule has 0 spiro atoms. The lowest BCUT2D eigenvalue weighted by molar-refractivity contribution is -0.385. The second kappa shape index (κ2) is 5.38. The van der Waals surface area contributed by atoms with Gasteiger partial charge in [-0.1, -0.05) is 0 Å². The van der Waals surface area contributed by atoms with Crippen LogP contribution in [0, 0.1) is 17.0 Å². The number of nitro groups is 1. The van der Waals surface area contributed by atoms with Crippen LogP contribution >= 0.6 is 11.8 Å². The Morgan fingerprint density at radius 1 is 1.39 bits per heavy atom. The number of hydrogen-bond acceptors (Lipinski definition) is 7. The summed E-state index contributed by atoms with van der Waals surface area (Å²) in [5.41, 5.74) is 0.411. The summed E-state index contributed by atoms with van der Waals surface area (Å²) in [7, 11) is 1.70. The van der Waals surface area contributed by atoms with Crippen molar-refractivity contribution < 1.29 is 4.92 Å². The molecule has 1 saturated heterocycles. The lowest BCUT2D eigenvalue weighted by Crippen LogP contribution is -2.34. The average molecular weight is 269 g/mol. The number of nitrogens with one attached hydrogen (secondary N) is 1. The van der Waals surface area contributed by atoms with Gasteiger partial charge in [-0.05, 0) is 6.92 Å². The quantitative estimate of drug-likeness (QED) is 0.653. The summed E-state index contributed by atoms with van der Waals surface area (Å²) in [6.45, 7) is 3.21. The van der Waals surface area contributed by atoms with E-state index in [1.54, 1.807) is 14.0 Å². The molecule has 1 aliphatic rings. The van der Waals surface area contributed by atoms with E-state index in [1.807, 2.05) is 16.7 Å². The minimum atomic E-state index is -0.397. The van der Waals surface area contributed by atoms with E-state index in [-0.39, 0.29) is 5.69 Å². The first-order valence-corrected chi connectivity index (χ1v) is 6.82. The Labute approximate surface area is 109 Å². The number of aromatic nitrogens is 2. The Bertz CT molecular complexity index is 462. The Morgan fingerprint density at radius 2 is 2.06 bits per heavy atom. The number of rotatable bonds is 3. The van der Waals surface area contributed by atoms with Gasteiger partial charge in [0.2, 0.25) is 11.8 Å². The largest absolute Gasteiger partial charge is 0.357 e. The maximum atomic E-state index is 11.2. The Kier molecular flexibility index (Phi) is 3.85. The first kappa shape index (κ1) is 12.9. The van der Waals surface area contributed by atoms with Crippen molar-refractivity contribution in [3.05, 3.63) is 15.8 Å². The Morgan fingerprint density at radius 3 is 2.61 bits per heavy atom. The smallest absolute Gasteiger partial charge is 0.332 e. The average Bonchev–Trinajstić information content (AvgIpc) is 2.38. The van der Waals surface area contributed by atoms with Gasteiger partial charge in [-0.2, -0.15) is 16.7 Å². The molecule has 0 unspecified atom stereocenters. The van der Waals surface area contributed by atoms with Gasteiger partial charge in [0.25, 0.3) is 0 Å². The van der Waals surface area contributed by atoms with Crippen molar-refractivity contribution >= 4 is 29.2 Å². The molecule has 2 rings (SSSR count). The van der Waals surface area contributed by atoms with Crippen LogP contribution in [0.15, 0.2) is 0 Å². The molecule has 18 heavy (non-hydrogen) atoms. The van der Waals surface area contributed by atoms with Gasteiger partial charge in [-0.3, -0.25) is 10.1 Å². The summed E-state index contributed by atoms with van der Waals surface area (Å²) >= 11 is 1.85. The van der Waals surface area contributed by atoms with Crippen LogP contribution in [0.5, 0.6) is 0 Å². The normalized spacial score (nSPS) is 15.6. The molecule has 98 valence electrons. The van der Waals surface area contributed by atoms with Crippen LogP contribution in [0.2, 0.25) is 0 Å². The summed E-state index contributed by atoms with van der Waals surface area (Å²) in [6, 6.07) is 0. The van der Waals surface area contributed by atoms with E-state index in [0.717, 1.165) is 24.6 Å². The minimum absolute atomic E-state index is 0.0147. The number of hydrogen-bond donors (Lipinski definition) is 1. The highest BCUT2D eigenvalue weighted by Gasteiger charge is 2.27. The van der Waals surface area contributed by atoms with Crippen molar-refractivity contribution in [3.63, 3.8) is 0 Å². The lowest BCUT2D eigenvalue weighted by Gasteiger charge is -2.27. The lowest BCUT2D eigenvalue weighted by atomic mass is 10.3. The highest BCUT2D eigenvalue weighted by atomic mass is 32.2. The van der Waals surface area contributed by atoms with Crippen LogP contribution in [0.3, 0.4) is 0 Å². The van der Waals surface area contributed by atoms with E-state index in [9.17, 15) is 10.1 Å². The van der Waals surface area contributed by atoms with Crippen LogP contribution in [0.1, 0.15) is 5.69 Å². The molecule has 1 aliphatic heterocycles. The third-order valence-electron chi connectivity index (χ3n) is 2.76. The summed E-state index contributed by atoms with van der Waals surface area (Å²) < 4.78 is 0. The number of aryl methyl sites for hydroxylation is 1. The second-order valence-electron chi connectivity index (χ2n) is 3.91. The fraction of sp³-hybridized carbons (Fsp3) is 0.600. The topological polar surface area (TPSA) is 84.2 Å². The van der Waals surface area contributed by atoms with Crippen molar-refractivity contribution in [3.8, 4) is 0 Å². The zero-order valence-electron chi connectivity index (χ0n) is 10.3. The molecule has 2 heterocycles. The number of thioether (sulfide) groups is 1. The second-order valence-corrected chi connectivity index (χ2v) is 5.14. The molecule has 0 atom stereocenters. The van der Waals surface area contributed by atoms with E-state index in [0.29, 0.717) is 17.5 Å². The van der Waals surface area contributed by atoms with Crippen LogP contribution in [0.25, 0.3) is 0 Å². The third kappa shape index (κ3) is 2.47. The van der Waals surface area contributed by atoms with E-state index in [1.165, 1.54) is 0 Å². The molecule has 7 nitrogen and oxygen atoms in total. The van der Waals surface area contributed by atoms with Gasteiger partial charge < -0.3 is 10.2 Å². The molecule has 0 amide bonds. The first-order valence-electron chi connectivity index (χ1n) is 5.67. The molecule has 0 aliphatic carbocycles. The SMILES string of the molecule is CNc1nc(C)c([N+](=O)[O-])c(N2CCSCC2)n1. The van der Waals surface area contributed by atoms with Crippen molar-refractivity contribution in [1.29, 1.82) is 0 Å². The van der Waals surface area contributed by atoms with Crippen molar-refractivity contribution in [1.82, 2.24) is 9.97 Å². The molecule has 0 aromatic carbocycles. The van der Waals surface area contributed by atoms with Crippen molar-refractivity contribution in [2.24, 2.45) is 0 Å². The minimum Gasteiger partial charge on any atom is -0.357 e. The molecule has 0 radical (unpaired) electrons. The predicted octanol–water partition coefficient (Wildman–Crippen LogP) is 1.29. The fourth-order valence-electron chi connectivity index (χ4n) is 1.87. The summed E-state index contributed by atoms with van der Waals surface area (Å²) in [4.78, 5) is 21.0. The van der Waals surface area contributed by atoms with E-state index >= 15 is 0 Å². The van der Waals surface area contributed by atoms with Gasteiger partial charge in [0.15, 0.2) is 0 Å². The maximum Gasteiger partial charge on any atom is 0.332 e. The summed E-state index contributed by atoms with van der Waals surface area (Å²) in [5, 5.41) is 14.0. The summed E-state index contributed by atoms with van der Waals surface area (Å²) in [6.07, 6.45) is 0. The number of nitrogens with zero attached hydrogens (tertiary/aromatic N) is 4. The molecular weight excluding hydrogens is 254 g/mol. The Hall–Kier alpha value is -1.57. The van der Waals surface area contributed by atoms with Gasteiger partial charge >= 0.3 is 5.69 Å². The van der Waals surface area contributed by atoms with Crippen molar-refractivity contribution in [2.75, 3.05) is 41.9 Å². The van der Waals surface area contributed by atoms with Gasteiger partial charge in [-0.15, -0.1) is 0 Å². The molecule has 8 heteroatoms. The fourth-order valence-corrected chi connectivity index (χ4v) is 2.78. The van der Waals surface area contributed by atoms with Crippen molar-refractivity contribution in [2.45, 2.75) is 6.92 Å². The molecule has 1 N–H and O–H groups in total. The highest BCUT2D eigenvalue weighted by Crippen LogP contribution is 2.31. The molecule has 1 aromatic heterocycles. The molecular formula is C10H15N5O2S. The monoisotopic (exact) mass is 269 g/mol. The number of anilines is 2. The third-order valence-corrected chi connectivity index (χ3v) is 3.70. The predicted molar refractivity (Wildman–Crippen MR) is 72.5 cm³/mol. The van der Waals surface area contributed by atoms with Crippen LogP contribution in [-0.2, 0) is 0 Å². The van der Waals surface area contributed by atoms with Gasteiger partial charge in [0.1, 0.15) is 5.69 Å². The summed E-state index contributed by atoms with van der Waals surface area (Å²) in [5.74, 6) is 2.79. The maximum absolute atomic E-state index is 11.2. The van der Waals surface area contributed by atoms with E-state index in [2.05, 4.69) is 15.3 Å². The van der Waals surface area contributed by atoms with E-state index < -0.39 is 4.92 Å². The van der Waals surface area contributed by atoms with Gasteiger partial charge in [0.05, 0.1) is 4.92 Å².